The molecular weight excluding hydrogens is 196 g/mol. The molecule has 2 atom stereocenters. The second-order valence-electron chi connectivity index (χ2n) is 5.10. The minimum Gasteiger partial charge on any atom is -0.396 e. The van der Waals surface area contributed by atoms with Crippen LogP contribution in [0.15, 0.2) is 24.3 Å². The van der Waals surface area contributed by atoms with E-state index in [1.807, 2.05) is 0 Å². The van der Waals surface area contributed by atoms with E-state index < -0.39 is 0 Å². The molecule has 88 valence electrons. The van der Waals surface area contributed by atoms with Crippen molar-refractivity contribution in [2.45, 2.75) is 44.9 Å². The average molecular weight is 218 g/mol. The van der Waals surface area contributed by atoms with E-state index >= 15 is 0 Å². The standard InChI is InChI=1S/C15H22O/c1-3-11(2)12-4-6-13(7-5-12)15(10-16)14-8-9-14/h4-7,11,14-16H,3,8-10H2,1-2H3. The third-order valence-electron chi connectivity index (χ3n) is 3.93. The van der Waals surface area contributed by atoms with Gasteiger partial charge in [-0.1, -0.05) is 38.1 Å². The van der Waals surface area contributed by atoms with Crippen molar-refractivity contribution in [3.63, 3.8) is 0 Å². The number of rotatable bonds is 5. The van der Waals surface area contributed by atoms with Crippen LogP contribution < -0.4 is 0 Å². The largest absolute Gasteiger partial charge is 0.396 e. The van der Waals surface area contributed by atoms with E-state index in [1.54, 1.807) is 0 Å². The molecule has 1 aliphatic carbocycles. The minimum atomic E-state index is 0.299. The molecular formula is C15H22O. The van der Waals surface area contributed by atoms with E-state index in [4.69, 9.17) is 0 Å². The molecule has 1 aromatic carbocycles. The third-order valence-corrected chi connectivity index (χ3v) is 3.93. The quantitative estimate of drug-likeness (QED) is 0.799. The lowest BCUT2D eigenvalue weighted by Crippen LogP contribution is -2.06. The van der Waals surface area contributed by atoms with Crippen molar-refractivity contribution >= 4 is 0 Å². The first-order valence-electron chi connectivity index (χ1n) is 6.47. The van der Waals surface area contributed by atoms with E-state index in [0.717, 1.165) is 5.92 Å². The van der Waals surface area contributed by atoms with E-state index in [2.05, 4.69) is 38.1 Å². The van der Waals surface area contributed by atoms with Crippen LogP contribution in [-0.4, -0.2) is 11.7 Å². The second kappa shape index (κ2) is 5.01. The van der Waals surface area contributed by atoms with Crippen molar-refractivity contribution in [1.29, 1.82) is 0 Å². The van der Waals surface area contributed by atoms with Crippen LogP contribution in [0.25, 0.3) is 0 Å². The van der Waals surface area contributed by atoms with Gasteiger partial charge in [0.2, 0.25) is 0 Å². The second-order valence-corrected chi connectivity index (χ2v) is 5.10. The van der Waals surface area contributed by atoms with Gasteiger partial charge < -0.3 is 5.11 Å². The molecule has 1 fully saturated rings. The SMILES string of the molecule is CCC(C)c1ccc(C(CO)C2CC2)cc1. The van der Waals surface area contributed by atoms with Gasteiger partial charge in [-0.05, 0) is 42.2 Å². The summed E-state index contributed by atoms with van der Waals surface area (Å²) >= 11 is 0. The zero-order valence-corrected chi connectivity index (χ0v) is 10.3. The van der Waals surface area contributed by atoms with Gasteiger partial charge in [-0.25, -0.2) is 0 Å². The molecule has 0 amide bonds. The van der Waals surface area contributed by atoms with Crippen LogP contribution in [-0.2, 0) is 0 Å². The molecule has 0 radical (unpaired) electrons. The van der Waals surface area contributed by atoms with Gasteiger partial charge in [0.25, 0.3) is 0 Å². The van der Waals surface area contributed by atoms with Crippen LogP contribution >= 0.6 is 0 Å². The summed E-state index contributed by atoms with van der Waals surface area (Å²) in [5.41, 5.74) is 2.73. The molecule has 0 spiro atoms. The first-order chi connectivity index (χ1) is 7.76. The predicted molar refractivity (Wildman–Crippen MR) is 67.7 cm³/mol. The summed E-state index contributed by atoms with van der Waals surface area (Å²) in [6, 6.07) is 8.88. The maximum Gasteiger partial charge on any atom is 0.0502 e. The fourth-order valence-corrected chi connectivity index (χ4v) is 2.33. The van der Waals surface area contributed by atoms with Crippen molar-refractivity contribution in [1.82, 2.24) is 0 Å². The molecule has 1 aromatic rings. The Morgan fingerprint density at radius 3 is 2.19 bits per heavy atom. The summed E-state index contributed by atoms with van der Waals surface area (Å²) in [6.45, 7) is 4.78. The average Bonchev–Trinajstić information content (AvgIpc) is 3.14. The van der Waals surface area contributed by atoms with Crippen LogP contribution in [0.5, 0.6) is 0 Å². The van der Waals surface area contributed by atoms with Crippen LogP contribution in [0, 0.1) is 5.92 Å². The lowest BCUT2D eigenvalue weighted by atomic mass is 9.91. The Kier molecular flexibility index (Phi) is 3.65. The van der Waals surface area contributed by atoms with E-state index in [9.17, 15) is 5.11 Å². The van der Waals surface area contributed by atoms with Gasteiger partial charge in [-0.2, -0.15) is 0 Å². The Labute approximate surface area is 98.5 Å². The molecule has 0 bridgehead atoms. The number of aliphatic hydroxyl groups is 1. The summed E-state index contributed by atoms with van der Waals surface area (Å²) in [5, 5.41) is 9.41. The van der Waals surface area contributed by atoms with Crippen molar-refractivity contribution in [2.24, 2.45) is 5.92 Å². The minimum absolute atomic E-state index is 0.299. The van der Waals surface area contributed by atoms with E-state index in [1.165, 1.54) is 30.4 Å². The van der Waals surface area contributed by atoms with Crippen molar-refractivity contribution < 1.29 is 5.11 Å². The van der Waals surface area contributed by atoms with Crippen LogP contribution in [0.2, 0.25) is 0 Å². The highest BCUT2D eigenvalue weighted by atomic mass is 16.3. The van der Waals surface area contributed by atoms with Gasteiger partial charge in [0.1, 0.15) is 0 Å². The van der Waals surface area contributed by atoms with Gasteiger partial charge in [0, 0.05) is 5.92 Å². The Bertz CT molecular complexity index is 324. The lowest BCUT2D eigenvalue weighted by molar-refractivity contribution is 0.253. The topological polar surface area (TPSA) is 20.2 Å². The summed E-state index contributed by atoms with van der Waals surface area (Å²) < 4.78 is 0. The zero-order chi connectivity index (χ0) is 11.5. The summed E-state index contributed by atoms with van der Waals surface area (Å²) in [5.74, 6) is 1.76. The van der Waals surface area contributed by atoms with E-state index in [-0.39, 0.29) is 0 Å². The molecule has 1 aliphatic rings. The fraction of sp³-hybridized carbons (Fsp3) is 0.600. The molecule has 1 nitrogen and oxygen atoms in total. The molecule has 16 heavy (non-hydrogen) atoms. The van der Waals surface area contributed by atoms with Crippen molar-refractivity contribution in [3.05, 3.63) is 35.4 Å². The first-order valence-corrected chi connectivity index (χ1v) is 6.47. The third kappa shape index (κ3) is 2.46. The molecule has 1 N–H and O–H groups in total. The fourth-order valence-electron chi connectivity index (χ4n) is 2.33. The highest BCUT2D eigenvalue weighted by molar-refractivity contribution is 5.28. The van der Waals surface area contributed by atoms with Crippen LogP contribution in [0.1, 0.15) is 56.1 Å². The highest BCUT2D eigenvalue weighted by Crippen LogP contribution is 2.42. The smallest absolute Gasteiger partial charge is 0.0502 e. The maximum absolute atomic E-state index is 9.41. The van der Waals surface area contributed by atoms with Gasteiger partial charge in [0.15, 0.2) is 0 Å². The van der Waals surface area contributed by atoms with Crippen LogP contribution in [0.4, 0.5) is 0 Å². The highest BCUT2D eigenvalue weighted by Gasteiger charge is 2.31. The first kappa shape index (κ1) is 11.7. The van der Waals surface area contributed by atoms with Gasteiger partial charge in [-0.15, -0.1) is 0 Å². The molecule has 0 heterocycles. The molecule has 2 unspecified atom stereocenters. The van der Waals surface area contributed by atoms with Crippen molar-refractivity contribution in [2.75, 3.05) is 6.61 Å². The molecule has 1 heteroatoms. The predicted octanol–water partition coefficient (Wildman–Crippen LogP) is 3.69. The number of hydrogen-bond donors (Lipinski definition) is 1. The molecule has 0 aliphatic heterocycles. The maximum atomic E-state index is 9.41. The number of aliphatic hydroxyl groups excluding tert-OH is 1. The Morgan fingerprint density at radius 2 is 1.75 bits per heavy atom. The Balaban J connectivity index is 2.11. The van der Waals surface area contributed by atoms with Gasteiger partial charge >= 0.3 is 0 Å². The number of benzene rings is 1. The van der Waals surface area contributed by atoms with E-state index in [0.29, 0.717) is 18.4 Å². The monoisotopic (exact) mass is 218 g/mol. The molecule has 1 saturated carbocycles. The normalized spacial score (nSPS) is 19.4. The molecule has 0 saturated heterocycles. The summed E-state index contributed by atoms with van der Waals surface area (Å²) in [4.78, 5) is 0. The summed E-state index contributed by atoms with van der Waals surface area (Å²) in [6.07, 6.45) is 3.77. The van der Waals surface area contributed by atoms with Crippen LogP contribution in [0.3, 0.4) is 0 Å². The van der Waals surface area contributed by atoms with Gasteiger partial charge in [0.05, 0.1) is 6.61 Å². The molecule has 0 aromatic heterocycles. The lowest BCUT2D eigenvalue weighted by Gasteiger charge is -2.15. The van der Waals surface area contributed by atoms with Crippen molar-refractivity contribution in [3.8, 4) is 0 Å². The molecule has 2 rings (SSSR count). The van der Waals surface area contributed by atoms with Gasteiger partial charge in [-0.3, -0.25) is 0 Å². The Hall–Kier alpha value is -0.820. The Morgan fingerprint density at radius 1 is 1.19 bits per heavy atom. The zero-order valence-electron chi connectivity index (χ0n) is 10.3. The number of hydrogen-bond acceptors (Lipinski definition) is 1. The summed E-state index contributed by atoms with van der Waals surface area (Å²) in [7, 11) is 0.